The van der Waals surface area contributed by atoms with Crippen LogP contribution >= 0.6 is 11.6 Å². The molecule has 2 bridgehead atoms. The van der Waals surface area contributed by atoms with Gasteiger partial charge < -0.3 is 29.8 Å². The summed E-state index contributed by atoms with van der Waals surface area (Å²) < 4.78 is 10.1. The number of imidazole rings is 1. The number of nitrogens with zero attached hydrogens (tertiary/aromatic N) is 6. The van der Waals surface area contributed by atoms with Gasteiger partial charge in [0.15, 0.2) is 5.82 Å². The van der Waals surface area contributed by atoms with Crippen LogP contribution in [0.5, 0.6) is 0 Å². The molecule has 0 radical (unpaired) electrons. The van der Waals surface area contributed by atoms with Crippen molar-refractivity contribution >= 4 is 45.5 Å². The minimum Gasteiger partial charge on any atom is -0.380 e. The number of pyridine rings is 2. The molecule has 8 rings (SSSR count). The number of carbonyl (C=O) groups excluding carboxylic acids is 2. The molecule has 1 saturated carbocycles. The van der Waals surface area contributed by atoms with Crippen molar-refractivity contribution in [2.75, 3.05) is 20.2 Å². The van der Waals surface area contributed by atoms with E-state index < -0.39 is 0 Å². The number of piperidine rings is 1. The number of likely N-dealkylation sites (tertiary alicyclic amines) is 1. The fourth-order valence-corrected chi connectivity index (χ4v) is 7.65. The zero-order valence-corrected chi connectivity index (χ0v) is 28.6. The van der Waals surface area contributed by atoms with E-state index in [9.17, 15) is 9.59 Å². The standard InChI is InChI=1S/C37H41ClN8O3/c1-21-27-12-7-22-19-31(45(34(22)42-27)16-5-3-4-6-28-25(36(47)40-21)11-14-33(38)41-28)35-43-29-18-23(8-13-30(29)46(35)24-9-10-24)37(48)44-17-15-32(49-2)26(39)20-44/h7-8,11-14,18-19,21,24,26,32H,3-6,9-10,15-17,20,39H2,1-2H3,(H,40,47)/t21-,26+,32-/m1/s1. The quantitative estimate of drug-likeness (QED) is 0.228. The van der Waals surface area contributed by atoms with Gasteiger partial charge in [-0.15, -0.1) is 0 Å². The van der Waals surface area contributed by atoms with E-state index in [1.165, 1.54) is 0 Å². The second-order valence-corrected chi connectivity index (χ2v) is 14.1. The molecule has 5 aromatic rings. The third-order valence-corrected chi connectivity index (χ3v) is 10.5. The number of aromatic nitrogens is 5. The van der Waals surface area contributed by atoms with Gasteiger partial charge in [-0.25, -0.2) is 15.0 Å². The number of ether oxygens (including phenoxy) is 1. The summed E-state index contributed by atoms with van der Waals surface area (Å²) in [5, 5.41) is 4.54. The molecular formula is C37H41ClN8O3. The van der Waals surface area contributed by atoms with Gasteiger partial charge in [-0.3, -0.25) is 9.59 Å². The molecule has 3 aliphatic rings. The zero-order valence-electron chi connectivity index (χ0n) is 27.9. The number of rotatable bonds is 4. The second-order valence-electron chi connectivity index (χ2n) is 13.7. The summed E-state index contributed by atoms with van der Waals surface area (Å²) in [5.41, 5.74) is 12.7. The molecule has 49 heavy (non-hydrogen) atoms. The normalized spacial score (nSPS) is 21.9. The Morgan fingerprint density at radius 2 is 1.86 bits per heavy atom. The Morgan fingerprint density at radius 3 is 2.65 bits per heavy atom. The first kappa shape index (κ1) is 31.9. The third-order valence-electron chi connectivity index (χ3n) is 10.3. The van der Waals surface area contributed by atoms with Crippen molar-refractivity contribution < 1.29 is 14.3 Å². The van der Waals surface area contributed by atoms with E-state index in [2.05, 4.69) is 31.6 Å². The van der Waals surface area contributed by atoms with E-state index in [1.54, 1.807) is 19.2 Å². The fourth-order valence-electron chi connectivity index (χ4n) is 7.49. The average molecular weight is 681 g/mol. The lowest BCUT2D eigenvalue weighted by molar-refractivity contribution is 0.0227. The maximum atomic E-state index is 13.6. The zero-order chi connectivity index (χ0) is 33.8. The molecule has 11 nitrogen and oxygen atoms in total. The third kappa shape index (κ3) is 5.98. The number of benzene rings is 1. The van der Waals surface area contributed by atoms with Crippen LogP contribution in [0.15, 0.2) is 48.5 Å². The molecule has 0 spiro atoms. The van der Waals surface area contributed by atoms with Crippen molar-refractivity contribution in [2.45, 2.75) is 82.6 Å². The van der Waals surface area contributed by atoms with Crippen LogP contribution in [0, 0.1) is 0 Å². The maximum Gasteiger partial charge on any atom is 0.253 e. The van der Waals surface area contributed by atoms with Crippen LogP contribution in [-0.2, 0) is 17.7 Å². The van der Waals surface area contributed by atoms with Gasteiger partial charge in [-0.2, -0.15) is 0 Å². The van der Waals surface area contributed by atoms with Gasteiger partial charge in [0.2, 0.25) is 0 Å². The lowest BCUT2D eigenvalue weighted by atomic mass is 10.0. The van der Waals surface area contributed by atoms with Crippen molar-refractivity contribution in [3.8, 4) is 11.5 Å². The van der Waals surface area contributed by atoms with E-state index in [0.717, 1.165) is 90.0 Å². The predicted molar refractivity (Wildman–Crippen MR) is 189 cm³/mol. The predicted octanol–water partition coefficient (Wildman–Crippen LogP) is 5.84. The van der Waals surface area contributed by atoms with Crippen LogP contribution in [0.25, 0.3) is 33.6 Å². The molecule has 2 aliphatic heterocycles. The monoisotopic (exact) mass is 680 g/mol. The van der Waals surface area contributed by atoms with Crippen molar-refractivity contribution in [3.05, 3.63) is 76.2 Å². The number of carbonyl (C=O) groups is 2. The molecular weight excluding hydrogens is 640 g/mol. The highest BCUT2D eigenvalue weighted by molar-refractivity contribution is 6.29. The Kier molecular flexibility index (Phi) is 8.37. The van der Waals surface area contributed by atoms with E-state index in [0.29, 0.717) is 41.8 Å². The summed E-state index contributed by atoms with van der Waals surface area (Å²) in [4.78, 5) is 43.7. The highest BCUT2D eigenvalue weighted by atomic mass is 35.5. The number of methoxy groups -OCH3 is 1. The highest BCUT2D eigenvalue weighted by Crippen LogP contribution is 2.42. The minimum absolute atomic E-state index is 0.0327. The summed E-state index contributed by atoms with van der Waals surface area (Å²) in [6.07, 6.45) is 6.27. The van der Waals surface area contributed by atoms with Crippen molar-refractivity contribution in [2.24, 2.45) is 5.73 Å². The summed E-state index contributed by atoms with van der Waals surface area (Å²) in [6.45, 7) is 3.79. The number of aryl methyl sites for hydroxylation is 2. The molecule has 4 aromatic heterocycles. The van der Waals surface area contributed by atoms with Gasteiger partial charge >= 0.3 is 0 Å². The number of nitrogens with one attached hydrogen (secondary N) is 1. The largest absolute Gasteiger partial charge is 0.380 e. The maximum absolute atomic E-state index is 13.6. The average Bonchev–Trinajstić information content (AvgIpc) is 3.77. The van der Waals surface area contributed by atoms with Gasteiger partial charge in [0.05, 0.1) is 45.8 Å². The van der Waals surface area contributed by atoms with Crippen LogP contribution in [0.1, 0.15) is 89.6 Å². The molecule has 12 heteroatoms. The molecule has 3 atom stereocenters. The van der Waals surface area contributed by atoms with Crippen LogP contribution in [0.3, 0.4) is 0 Å². The summed E-state index contributed by atoms with van der Waals surface area (Å²) in [6, 6.07) is 15.4. The van der Waals surface area contributed by atoms with Gasteiger partial charge in [0.25, 0.3) is 11.8 Å². The Hall–Kier alpha value is -4.32. The molecule has 2 amide bonds. The smallest absolute Gasteiger partial charge is 0.253 e. The number of amides is 2. The first-order chi connectivity index (χ1) is 23.8. The number of hydrogen-bond acceptors (Lipinski definition) is 7. The van der Waals surface area contributed by atoms with E-state index in [4.69, 9.17) is 32.0 Å². The number of halogens is 1. The molecule has 254 valence electrons. The van der Waals surface area contributed by atoms with Crippen molar-refractivity contribution in [1.82, 2.24) is 34.3 Å². The van der Waals surface area contributed by atoms with Crippen LogP contribution in [0.2, 0.25) is 5.15 Å². The van der Waals surface area contributed by atoms with E-state index in [-0.39, 0.29) is 30.0 Å². The topological polar surface area (TPSA) is 133 Å². The SMILES string of the molecule is CO[C@@H]1CCN(C(=O)c2ccc3c(c2)nc(-c2cc4ccc5nc4n2CCCCCc2nc(Cl)ccc2C(=O)N[C@@H]5C)n3C2CC2)C[C@@H]1N. The Morgan fingerprint density at radius 1 is 1.00 bits per heavy atom. The molecule has 0 unspecified atom stereocenters. The minimum atomic E-state index is -0.322. The van der Waals surface area contributed by atoms with Gasteiger partial charge in [-0.05, 0) is 94.0 Å². The van der Waals surface area contributed by atoms with Gasteiger partial charge in [0.1, 0.15) is 10.8 Å². The van der Waals surface area contributed by atoms with Crippen LogP contribution in [0.4, 0.5) is 0 Å². The lowest BCUT2D eigenvalue weighted by Gasteiger charge is -2.35. The Balaban J connectivity index is 1.17. The van der Waals surface area contributed by atoms with Gasteiger partial charge in [-0.1, -0.05) is 18.0 Å². The second kappa shape index (κ2) is 12.9. The summed E-state index contributed by atoms with van der Waals surface area (Å²) >= 11 is 6.23. The molecule has 1 aromatic carbocycles. The first-order valence-electron chi connectivity index (χ1n) is 17.4. The number of fused-ring (bicyclic) bond motifs is 3. The summed E-state index contributed by atoms with van der Waals surface area (Å²) in [5.74, 6) is 0.676. The van der Waals surface area contributed by atoms with Crippen molar-refractivity contribution in [1.29, 1.82) is 0 Å². The Bertz CT molecular complexity index is 2090. The van der Waals surface area contributed by atoms with E-state index >= 15 is 0 Å². The molecule has 1 aliphatic carbocycles. The molecule has 1 saturated heterocycles. The molecule has 6 heterocycles. The lowest BCUT2D eigenvalue weighted by Crippen LogP contribution is -2.53. The molecule has 2 fully saturated rings. The van der Waals surface area contributed by atoms with Crippen molar-refractivity contribution in [3.63, 3.8) is 0 Å². The summed E-state index contributed by atoms with van der Waals surface area (Å²) in [7, 11) is 1.67. The number of nitrogens with two attached hydrogens (primary N) is 1. The first-order valence-corrected chi connectivity index (χ1v) is 17.7. The number of hydrogen-bond donors (Lipinski definition) is 2. The van der Waals surface area contributed by atoms with E-state index in [1.807, 2.05) is 36.1 Å². The van der Waals surface area contributed by atoms with Crippen LogP contribution in [-0.4, -0.2) is 73.1 Å². The molecule has 3 N–H and O–H groups in total. The van der Waals surface area contributed by atoms with Crippen LogP contribution < -0.4 is 11.1 Å². The fraction of sp³-hybridized carbons (Fsp3) is 0.432. The Labute approximate surface area is 289 Å². The van der Waals surface area contributed by atoms with Gasteiger partial charge in [0, 0.05) is 49.8 Å². The highest BCUT2D eigenvalue weighted by Gasteiger charge is 2.33.